The van der Waals surface area contributed by atoms with Crippen molar-refractivity contribution in [3.63, 3.8) is 0 Å². The minimum atomic E-state index is -0.0816. The van der Waals surface area contributed by atoms with Crippen LogP contribution in [0.15, 0.2) is 48.5 Å². The lowest BCUT2D eigenvalue weighted by Gasteiger charge is -2.29. The molecule has 158 valence electrons. The van der Waals surface area contributed by atoms with Gasteiger partial charge in [-0.05, 0) is 36.2 Å². The summed E-state index contributed by atoms with van der Waals surface area (Å²) in [4.78, 5) is 22.0. The van der Waals surface area contributed by atoms with E-state index < -0.39 is 0 Å². The van der Waals surface area contributed by atoms with Crippen molar-refractivity contribution in [3.8, 4) is 5.75 Å². The maximum atomic E-state index is 13.1. The average Bonchev–Trinajstić information content (AvgIpc) is 3.22. The Balaban J connectivity index is 1.51. The van der Waals surface area contributed by atoms with Crippen LogP contribution in [-0.4, -0.2) is 61.8 Å². The van der Waals surface area contributed by atoms with E-state index >= 15 is 0 Å². The van der Waals surface area contributed by atoms with Crippen molar-refractivity contribution in [1.29, 1.82) is 0 Å². The van der Waals surface area contributed by atoms with E-state index in [1.807, 2.05) is 36.4 Å². The first-order valence-electron chi connectivity index (χ1n) is 10.4. The van der Waals surface area contributed by atoms with Crippen LogP contribution < -0.4 is 9.64 Å². The Hall–Kier alpha value is -2.48. The second kappa shape index (κ2) is 10.0. The van der Waals surface area contributed by atoms with Gasteiger partial charge in [0.25, 0.3) is 5.91 Å². The second-order valence-electron chi connectivity index (χ2n) is 7.25. The van der Waals surface area contributed by atoms with Gasteiger partial charge >= 0.3 is 0 Å². The van der Waals surface area contributed by atoms with E-state index in [-0.39, 0.29) is 12.5 Å². The maximum absolute atomic E-state index is 13.1. The number of amides is 1. The minimum absolute atomic E-state index is 0.0107. The molecule has 30 heavy (non-hydrogen) atoms. The number of hydrogen-bond acceptors (Lipinski definition) is 6. The molecular weight excluding hydrogens is 398 g/mol. The summed E-state index contributed by atoms with van der Waals surface area (Å²) in [6.45, 7) is 6.77. The summed E-state index contributed by atoms with van der Waals surface area (Å²) in [5, 5.41) is 0.730. The van der Waals surface area contributed by atoms with E-state index in [2.05, 4.69) is 24.0 Å². The fourth-order valence-electron chi connectivity index (χ4n) is 3.43. The monoisotopic (exact) mass is 425 g/mol. The van der Waals surface area contributed by atoms with Crippen molar-refractivity contribution >= 4 is 32.6 Å². The lowest BCUT2D eigenvalue weighted by molar-refractivity contribution is -0.120. The predicted molar refractivity (Wildman–Crippen MR) is 121 cm³/mol. The molecule has 0 bridgehead atoms. The highest BCUT2D eigenvalue weighted by molar-refractivity contribution is 7.22. The maximum Gasteiger partial charge on any atom is 0.266 e. The van der Waals surface area contributed by atoms with Crippen LogP contribution in [0.5, 0.6) is 5.75 Å². The third-order valence-electron chi connectivity index (χ3n) is 5.23. The van der Waals surface area contributed by atoms with E-state index in [4.69, 9.17) is 14.5 Å². The Labute approximate surface area is 181 Å². The lowest BCUT2D eigenvalue weighted by Crippen LogP contribution is -2.44. The number of carbonyl (C=O) groups is 1. The first-order chi connectivity index (χ1) is 14.7. The Kier molecular flexibility index (Phi) is 6.94. The van der Waals surface area contributed by atoms with Gasteiger partial charge in [0, 0.05) is 26.2 Å². The summed E-state index contributed by atoms with van der Waals surface area (Å²) < 4.78 is 12.3. The minimum Gasteiger partial charge on any atom is -0.484 e. The van der Waals surface area contributed by atoms with Crippen molar-refractivity contribution in [1.82, 2.24) is 9.88 Å². The summed E-state index contributed by atoms with van der Waals surface area (Å²) in [5.41, 5.74) is 2.21. The molecule has 0 N–H and O–H groups in total. The molecule has 0 saturated carbocycles. The SMILES string of the molecule is CCc1ccc2nc(N(CCN3CCOCC3)C(=O)COc3ccccc3)sc2c1. The third kappa shape index (κ3) is 5.16. The van der Waals surface area contributed by atoms with Crippen LogP contribution in [0.4, 0.5) is 5.13 Å². The van der Waals surface area contributed by atoms with Crippen molar-refractivity contribution in [2.24, 2.45) is 0 Å². The van der Waals surface area contributed by atoms with Crippen LogP contribution in [0, 0.1) is 0 Å². The zero-order valence-corrected chi connectivity index (χ0v) is 18.1. The van der Waals surface area contributed by atoms with Crippen molar-refractivity contribution in [2.75, 3.05) is 50.9 Å². The van der Waals surface area contributed by atoms with Crippen LogP contribution in [-0.2, 0) is 16.0 Å². The van der Waals surface area contributed by atoms with Crippen molar-refractivity contribution in [2.45, 2.75) is 13.3 Å². The van der Waals surface area contributed by atoms with Crippen LogP contribution >= 0.6 is 11.3 Å². The molecule has 0 spiro atoms. The van der Waals surface area contributed by atoms with E-state index in [0.717, 1.165) is 54.6 Å². The summed E-state index contributed by atoms with van der Waals surface area (Å²) in [5.74, 6) is 0.609. The number of benzene rings is 2. The van der Waals surface area contributed by atoms with Gasteiger partial charge in [0.2, 0.25) is 0 Å². The average molecular weight is 426 g/mol. The van der Waals surface area contributed by atoms with E-state index in [1.54, 1.807) is 16.2 Å². The van der Waals surface area contributed by atoms with E-state index in [0.29, 0.717) is 12.3 Å². The molecule has 4 rings (SSSR count). The Morgan fingerprint density at radius 2 is 2.00 bits per heavy atom. The molecule has 1 amide bonds. The molecular formula is C23H27N3O3S. The van der Waals surface area contributed by atoms with E-state index in [1.165, 1.54) is 5.56 Å². The van der Waals surface area contributed by atoms with Gasteiger partial charge < -0.3 is 9.47 Å². The number of thiazole rings is 1. The number of aryl methyl sites for hydroxylation is 1. The Morgan fingerprint density at radius 1 is 1.20 bits per heavy atom. The van der Waals surface area contributed by atoms with Crippen LogP contribution in [0.1, 0.15) is 12.5 Å². The molecule has 6 nitrogen and oxygen atoms in total. The second-order valence-corrected chi connectivity index (χ2v) is 8.26. The topological polar surface area (TPSA) is 54.9 Å². The fraction of sp³-hybridized carbons (Fsp3) is 0.391. The number of nitrogens with zero attached hydrogens (tertiary/aromatic N) is 3. The summed E-state index contributed by atoms with van der Waals surface area (Å²) in [6, 6.07) is 15.7. The summed E-state index contributed by atoms with van der Waals surface area (Å²) in [6.07, 6.45) is 0.980. The standard InChI is InChI=1S/C23H27N3O3S/c1-2-18-8-9-20-21(16-18)30-23(24-20)26(11-10-25-12-14-28-15-13-25)22(27)17-29-19-6-4-3-5-7-19/h3-9,16H,2,10-15,17H2,1H3. The molecule has 7 heteroatoms. The highest BCUT2D eigenvalue weighted by atomic mass is 32.1. The fourth-order valence-corrected chi connectivity index (χ4v) is 4.50. The summed E-state index contributed by atoms with van der Waals surface area (Å²) in [7, 11) is 0. The lowest BCUT2D eigenvalue weighted by atomic mass is 10.2. The molecule has 1 saturated heterocycles. The number of rotatable bonds is 8. The molecule has 0 unspecified atom stereocenters. The van der Waals surface area contributed by atoms with Gasteiger partial charge in [-0.1, -0.05) is 42.5 Å². The zero-order chi connectivity index (χ0) is 20.8. The summed E-state index contributed by atoms with van der Waals surface area (Å²) >= 11 is 1.57. The van der Waals surface area contributed by atoms with Gasteiger partial charge in [-0.2, -0.15) is 0 Å². The molecule has 1 aliphatic rings. The van der Waals surface area contributed by atoms with Gasteiger partial charge in [-0.25, -0.2) is 4.98 Å². The van der Waals surface area contributed by atoms with E-state index in [9.17, 15) is 4.79 Å². The smallest absolute Gasteiger partial charge is 0.266 e. The normalized spacial score (nSPS) is 14.7. The number of aromatic nitrogens is 1. The number of hydrogen-bond donors (Lipinski definition) is 0. The number of anilines is 1. The van der Waals surface area contributed by atoms with Gasteiger partial charge in [0.05, 0.1) is 23.4 Å². The predicted octanol–water partition coefficient (Wildman–Crippen LogP) is 3.60. The van der Waals surface area contributed by atoms with Crippen molar-refractivity contribution in [3.05, 3.63) is 54.1 Å². The number of fused-ring (bicyclic) bond motifs is 1. The molecule has 3 aromatic rings. The molecule has 2 aromatic carbocycles. The molecule has 1 aliphatic heterocycles. The van der Waals surface area contributed by atoms with Crippen molar-refractivity contribution < 1.29 is 14.3 Å². The molecule has 0 atom stereocenters. The van der Waals surface area contributed by atoms with Gasteiger partial charge in [-0.15, -0.1) is 0 Å². The molecule has 1 fully saturated rings. The van der Waals surface area contributed by atoms with Crippen LogP contribution in [0.2, 0.25) is 0 Å². The van der Waals surface area contributed by atoms with Crippen LogP contribution in [0.3, 0.4) is 0 Å². The number of para-hydroxylation sites is 1. The van der Waals surface area contributed by atoms with Gasteiger partial charge in [-0.3, -0.25) is 14.6 Å². The van der Waals surface area contributed by atoms with Gasteiger partial charge in [0.15, 0.2) is 11.7 Å². The first-order valence-corrected chi connectivity index (χ1v) is 11.2. The number of morpholine rings is 1. The number of ether oxygens (including phenoxy) is 2. The third-order valence-corrected chi connectivity index (χ3v) is 6.27. The highest BCUT2D eigenvalue weighted by Crippen LogP contribution is 2.30. The van der Waals surface area contributed by atoms with Gasteiger partial charge in [0.1, 0.15) is 5.75 Å². The molecule has 2 heterocycles. The molecule has 1 aromatic heterocycles. The molecule has 0 radical (unpaired) electrons. The first kappa shape index (κ1) is 20.8. The Morgan fingerprint density at radius 3 is 2.77 bits per heavy atom. The number of carbonyl (C=O) groups excluding carboxylic acids is 1. The highest BCUT2D eigenvalue weighted by Gasteiger charge is 2.22. The van der Waals surface area contributed by atoms with Crippen LogP contribution in [0.25, 0.3) is 10.2 Å². The zero-order valence-electron chi connectivity index (χ0n) is 17.3. The molecule has 0 aliphatic carbocycles. The Bertz CT molecular complexity index is 970. The largest absolute Gasteiger partial charge is 0.484 e. The quantitative estimate of drug-likeness (QED) is 0.552.